The van der Waals surface area contributed by atoms with E-state index in [2.05, 4.69) is 5.32 Å². The van der Waals surface area contributed by atoms with Gasteiger partial charge in [0.2, 0.25) is 0 Å². The lowest BCUT2D eigenvalue weighted by Crippen LogP contribution is -2.31. The number of carboxylic acids is 1. The number of amides is 1. The number of para-hydroxylation sites is 1. The van der Waals surface area contributed by atoms with E-state index in [0.29, 0.717) is 5.75 Å². The summed E-state index contributed by atoms with van der Waals surface area (Å²) >= 11 is 0. The number of hydrogen-bond donors (Lipinski definition) is 4. The topological polar surface area (TPSA) is 116 Å². The molecule has 0 heterocycles. The molecule has 0 fully saturated rings. The molecule has 0 aliphatic carbocycles. The highest BCUT2D eigenvalue weighted by molar-refractivity contribution is 6.58. The van der Waals surface area contributed by atoms with E-state index in [0.717, 1.165) is 6.07 Å². The predicted octanol–water partition coefficient (Wildman–Crippen LogP) is 0.0821. The number of carbonyl (C=O) groups is 2. The lowest BCUT2D eigenvalue weighted by atomic mass is 9.79. The number of aromatic carboxylic acids is 1. The molecule has 7 nitrogen and oxygen atoms in total. The number of carboxylic acid groups (broad SMARTS) is 1. The van der Waals surface area contributed by atoms with Crippen LogP contribution >= 0.6 is 0 Å². The predicted molar refractivity (Wildman–Crippen MR) is 83.8 cm³/mol. The summed E-state index contributed by atoms with van der Waals surface area (Å²) in [4.78, 5) is 22.9. The lowest BCUT2D eigenvalue weighted by molar-refractivity contribution is -0.118. The van der Waals surface area contributed by atoms with Crippen LogP contribution in [0.5, 0.6) is 5.75 Å². The van der Waals surface area contributed by atoms with Crippen LogP contribution in [0.1, 0.15) is 10.4 Å². The van der Waals surface area contributed by atoms with Gasteiger partial charge < -0.3 is 25.2 Å². The van der Waals surface area contributed by atoms with Crippen LogP contribution in [0.25, 0.3) is 0 Å². The van der Waals surface area contributed by atoms with Gasteiger partial charge in [-0.25, -0.2) is 4.79 Å². The minimum Gasteiger partial charge on any atom is -0.484 e. The van der Waals surface area contributed by atoms with Crippen LogP contribution in [0, 0.1) is 0 Å². The van der Waals surface area contributed by atoms with Crippen LogP contribution in [0.15, 0.2) is 48.5 Å². The third-order valence-corrected chi connectivity index (χ3v) is 2.90. The van der Waals surface area contributed by atoms with Crippen molar-refractivity contribution in [2.75, 3.05) is 11.9 Å². The second kappa shape index (κ2) is 7.43. The summed E-state index contributed by atoms with van der Waals surface area (Å²) < 4.78 is 5.27. The molecule has 0 unspecified atom stereocenters. The van der Waals surface area contributed by atoms with Crippen molar-refractivity contribution >= 4 is 30.1 Å². The van der Waals surface area contributed by atoms with Crippen molar-refractivity contribution < 1.29 is 29.5 Å². The molecule has 8 heteroatoms. The Bertz CT molecular complexity index is 704. The summed E-state index contributed by atoms with van der Waals surface area (Å²) in [5, 5.41) is 29.8. The highest BCUT2D eigenvalue weighted by Crippen LogP contribution is 2.11. The largest absolute Gasteiger partial charge is 0.488 e. The molecule has 0 saturated heterocycles. The van der Waals surface area contributed by atoms with Gasteiger partial charge in [-0.15, -0.1) is 0 Å². The SMILES string of the molecule is O=C(COc1ccccc1)Nc1cc(B(O)O)cc(C(=O)O)c1. The van der Waals surface area contributed by atoms with Gasteiger partial charge in [0.05, 0.1) is 5.56 Å². The van der Waals surface area contributed by atoms with Gasteiger partial charge in [-0.3, -0.25) is 4.79 Å². The average molecular weight is 315 g/mol. The second-order valence-electron chi connectivity index (χ2n) is 4.67. The fourth-order valence-electron chi connectivity index (χ4n) is 1.86. The molecule has 0 bridgehead atoms. The Kier molecular flexibility index (Phi) is 5.34. The van der Waals surface area contributed by atoms with Crippen molar-refractivity contribution in [2.24, 2.45) is 0 Å². The number of carbonyl (C=O) groups excluding carboxylic acids is 1. The fourth-order valence-corrected chi connectivity index (χ4v) is 1.86. The van der Waals surface area contributed by atoms with Crippen LogP contribution in [-0.4, -0.2) is 40.8 Å². The van der Waals surface area contributed by atoms with Gasteiger partial charge in [0.25, 0.3) is 5.91 Å². The van der Waals surface area contributed by atoms with Crippen LogP contribution < -0.4 is 15.5 Å². The highest BCUT2D eigenvalue weighted by atomic mass is 16.5. The second-order valence-corrected chi connectivity index (χ2v) is 4.67. The van der Waals surface area contributed by atoms with Crippen molar-refractivity contribution in [1.29, 1.82) is 0 Å². The Hall–Kier alpha value is -2.84. The molecule has 0 radical (unpaired) electrons. The highest BCUT2D eigenvalue weighted by Gasteiger charge is 2.16. The molecule has 2 rings (SSSR count). The normalized spacial score (nSPS) is 10.0. The van der Waals surface area contributed by atoms with Crippen molar-refractivity contribution in [1.82, 2.24) is 0 Å². The molecule has 0 atom stereocenters. The van der Waals surface area contributed by atoms with Crippen LogP contribution in [0.3, 0.4) is 0 Å². The number of ether oxygens (including phenoxy) is 1. The molecule has 0 saturated carbocycles. The molecule has 4 N–H and O–H groups in total. The Morgan fingerprint density at radius 2 is 1.78 bits per heavy atom. The minimum atomic E-state index is -1.84. The van der Waals surface area contributed by atoms with Crippen molar-refractivity contribution in [2.45, 2.75) is 0 Å². The Morgan fingerprint density at radius 1 is 1.09 bits per heavy atom. The first kappa shape index (κ1) is 16.5. The molecular formula is C15H14BNO6. The summed E-state index contributed by atoms with van der Waals surface area (Å²) in [7, 11) is -1.84. The van der Waals surface area contributed by atoms with E-state index < -0.39 is 19.0 Å². The average Bonchev–Trinajstić information content (AvgIpc) is 2.53. The molecule has 0 spiro atoms. The van der Waals surface area contributed by atoms with E-state index in [1.165, 1.54) is 12.1 Å². The maximum atomic E-state index is 11.8. The van der Waals surface area contributed by atoms with E-state index >= 15 is 0 Å². The maximum Gasteiger partial charge on any atom is 0.488 e. The molecule has 118 valence electrons. The Balaban J connectivity index is 2.06. The lowest BCUT2D eigenvalue weighted by Gasteiger charge is -2.10. The zero-order valence-corrected chi connectivity index (χ0v) is 12.0. The van der Waals surface area contributed by atoms with Gasteiger partial charge in [-0.05, 0) is 35.8 Å². The van der Waals surface area contributed by atoms with E-state index in [1.54, 1.807) is 24.3 Å². The number of rotatable bonds is 6. The number of nitrogens with one attached hydrogen (secondary N) is 1. The summed E-state index contributed by atoms with van der Waals surface area (Å²) in [5.41, 5.74) is -0.0753. The van der Waals surface area contributed by atoms with Crippen LogP contribution in [0.4, 0.5) is 5.69 Å². The molecule has 2 aromatic rings. The number of hydrogen-bond acceptors (Lipinski definition) is 5. The first-order chi connectivity index (χ1) is 11.0. The third kappa shape index (κ3) is 4.84. The van der Waals surface area contributed by atoms with Gasteiger partial charge in [0.15, 0.2) is 6.61 Å². The number of benzene rings is 2. The summed E-state index contributed by atoms with van der Waals surface area (Å²) in [6.07, 6.45) is 0. The smallest absolute Gasteiger partial charge is 0.484 e. The monoisotopic (exact) mass is 315 g/mol. The van der Waals surface area contributed by atoms with E-state index in [4.69, 9.17) is 19.9 Å². The van der Waals surface area contributed by atoms with Gasteiger partial charge in [0.1, 0.15) is 5.75 Å². The first-order valence-corrected chi connectivity index (χ1v) is 6.68. The van der Waals surface area contributed by atoms with Gasteiger partial charge in [-0.2, -0.15) is 0 Å². The Morgan fingerprint density at radius 3 is 2.39 bits per heavy atom. The van der Waals surface area contributed by atoms with Gasteiger partial charge in [-0.1, -0.05) is 18.2 Å². The maximum absolute atomic E-state index is 11.8. The molecule has 1 amide bonds. The molecule has 23 heavy (non-hydrogen) atoms. The van der Waals surface area contributed by atoms with Crippen LogP contribution in [-0.2, 0) is 4.79 Å². The van der Waals surface area contributed by atoms with Crippen molar-refractivity contribution in [3.05, 3.63) is 54.1 Å². The standard InChI is InChI=1S/C15H14BNO6/c18-14(9-23-13-4-2-1-3-5-13)17-12-7-10(15(19)20)6-11(8-12)16(21)22/h1-8,21-22H,9H2,(H,17,18)(H,19,20). The fraction of sp³-hybridized carbons (Fsp3) is 0.0667. The molecule has 2 aromatic carbocycles. The molecular weight excluding hydrogens is 301 g/mol. The molecule has 0 aliphatic heterocycles. The summed E-state index contributed by atoms with van der Waals surface area (Å²) in [5.74, 6) is -1.23. The summed E-state index contributed by atoms with van der Waals surface area (Å²) in [6, 6.07) is 12.3. The van der Waals surface area contributed by atoms with Gasteiger partial charge >= 0.3 is 13.1 Å². The number of anilines is 1. The van der Waals surface area contributed by atoms with Crippen molar-refractivity contribution in [3.8, 4) is 5.75 Å². The first-order valence-electron chi connectivity index (χ1n) is 6.68. The third-order valence-electron chi connectivity index (χ3n) is 2.90. The van der Waals surface area contributed by atoms with E-state index in [-0.39, 0.29) is 23.3 Å². The van der Waals surface area contributed by atoms with Crippen LogP contribution in [0.2, 0.25) is 0 Å². The van der Waals surface area contributed by atoms with Crippen molar-refractivity contribution in [3.63, 3.8) is 0 Å². The molecule has 0 aliphatic rings. The zero-order chi connectivity index (χ0) is 16.8. The minimum absolute atomic E-state index is 0.0378. The summed E-state index contributed by atoms with van der Waals surface area (Å²) in [6.45, 7) is -0.266. The zero-order valence-electron chi connectivity index (χ0n) is 12.0. The van der Waals surface area contributed by atoms with E-state index in [1.807, 2.05) is 6.07 Å². The molecule has 0 aromatic heterocycles. The quantitative estimate of drug-likeness (QED) is 0.561. The van der Waals surface area contributed by atoms with Gasteiger partial charge in [0, 0.05) is 5.69 Å². The Labute approximate surface area is 132 Å². The van der Waals surface area contributed by atoms with E-state index in [9.17, 15) is 9.59 Å².